The molecule has 6 amide bonds. The fourth-order valence-electron chi connectivity index (χ4n) is 9.44. The summed E-state index contributed by atoms with van der Waals surface area (Å²) >= 11 is 1.95. The van der Waals surface area contributed by atoms with E-state index in [2.05, 4.69) is 30.1 Å². The van der Waals surface area contributed by atoms with Gasteiger partial charge in [0, 0.05) is 46.9 Å². The van der Waals surface area contributed by atoms with E-state index in [-0.39, 0.29) is 83.3 Å². The first-order valence-corrected chi connectivity index (χ1v) is 30.0. The van der Waals surface area contributed by atoms with Gasteiger partial charge in [-0.05, 0) is 104 Å². The Balaban J connectivity index is 0.992. The van der Waals surface area contributed by atoms with Crippen LogP contribution in [0, 0.1) is 0 Å². The van der Waals surface area contributed by atoms with Gasteiger partial charge in [0.2, 0.25) is 23.6 Å². The van der Waals surface area contributed by atoms with Crippen LogP contribution >= 0.6 is 44.5 Å². The molecule has 0 aromatic heterocycles. The molecule has 0 saturated heterocycles. The molecule has 418 valence electrons. The van der Waals surface area contributed by atoms with Crippen molar-refractivity contribution >= 4 is 118 Å². The van der Waals surface area contributed by atoms with Crippen molar-refractivity contribution in [3.05, 3.63) is 124 Å². The number of para-hydroxylation sites is 2. The van der Waals surface area contributed by atoms with E-state index >= 15 is 0 Å². The van der Waals surface area contributed by atoms with Crippen LogP contribution in [0.5, 0.6) is 23.0 Å². The lowest BCUT2D eigenvalue weighted by Crippen LogP contribution is -2.49. The number of hydrogen-bond donors (Lipinski definition) is 7. The number of methoxy groups -OCH3 is 2. The highest BCUT2D eigenvalue weighted by molar-refractivity contribution is 14.1. The van der Waals surface area contributed by atoms with Crippen molar-refractivity contribution in [1.29, 1.82) is 0 Å². The maximum atomic E-state index is 14.3. The van der Waals surface area contributed by atoms with Crippen LogP contribution < -0.4 is 58.9 Å². The highest BCUT2D eigenvalue weighted by Crippen LogP contribution is 2.44. The van der Waals surface area contributed by atoms with E-state index in [1.165, 1.54) is 31.3 Å². The molecular formula is C54H59IN8O13S3. The third-order valence-corrected chi connectivity index (χ3v) is 17.6. The Hall–Kier alpha value is -6.94. The van der Waals surface area contributed by atoms with Gasteiger partial charge in [0.25, 0.3) is 21.9 Å². The molecular weight excluding hydrogens is 1190 g/mol. The zero-order valence-electron chi connectivity index (χ0n) is 43.7. The monoisotopic (exact) mass is 1250 g/mol. The number of benzene rings is 5. The highest BCUT2D eigenvalue weighted by atomic mass is 127. The van der Waals surface area contributed by atoms with E-state index in [0.717, 1.165) is 23.2 Å². The molecule has 1 unspecified atom stereocenters. The fourth-order valence-corrected chi connectivity index (χ4v) is 13.0. The molecule has 3 heterocycles. The Morgan fingerprint density at radius 2 is 1.37 bits per heavy atom. The molecule has 25 heteroatoms. The van der Waals surface area contributed by atoms with Gasteiger partial charge in [-0.25, -0.2) is 0 Å². The maximum Gasteiger partial charge on any atom is 0.288 e. The molecule has 7 N–H and O–H groups in total. The van der Waals surface area contributed by atoms with Crippen molar-refractivity contribution in [2.75, 3.05) is 70.6 Å². The number of carbonyl (C=O) groups excluding carboxylic acids is 6. The summed E-state index contributed by atoms with van der Waals surface area (Å²) < 4.78 is 63.5. The molecule has 8 rings (SSSR count). The topological polar surface area (TPSA) is 272 Å². The van der Waals surface area contributed by atoms with Crippen LogP contribution in [0.1, 0.15) is 69.7 Å². The molecule has 0 aliphatic carbocycles. The second kappa shape index (κ2) is 25.5. The summed E-state index contributed by atoms with van der Waals surface area (Å²) in [6.07, 6.45) is 3.69. The molecule has 21 nitrogen and oxygen atoms in total. The molecule has 79 heavy (non-hydrogen) atoms. The van der Waals surface area contributed by atoms with E-state index in [0.29, 0.717) is 46.8 Å². The summed E-state index contributed by atoms with van der Waals surface area (Å²) in [7, 11) is 1.33. The zero-order valence-corrected chi connectivity index (χ0v) is 48.3. The average molecular weight is 1250 g/mol. The molecule has 0 saturated carbocycles. The van der Waals surface area contributed by atoms with E-state index in [1.807, 2.05) is 67.2 Å². The second-order valence-electron chi connectivity index (χ2n) is 19.2. The molecule has 0 spiro atoms. The van der Waals surface area contributed by atoms with Gasteiger partial charge in [-0.3, -0.25) is 33.3 Å². The Labute approximate surface area is 479 Å². The average Bonchev–Trinajstić information content (AvgIpc) is 4.20. The lowest BCUT2D eigenvalue weighted by molar-refractivity contribution is -0.128. The fraction of sp³-hybridized carbons (Fsp3) is 0.333. The summed E-state index contributed by atoms with van der Waals surface area (Å²) in [5, 5.41) is 11.5. The van der Waals surface area contributed by atoms with Crippen LogP contribution in [-0.4, -0.2) is 111 Å². The van der Waals surface area contributed by atoms with Crippen LogP contribution in [-0.2, 0) is 55.4 Å². The molecule has 0 bridgehead atoms. The van der Waals surface area contributed by atoms with E-state index in [9.17, 15) is 41.7 Å². The third kappa shape index (κ3) is 14.1. The smallest absolute Gasteiger partial charge is 0.288 e. The van der Waals surface area contributed by atoms with E-state index in [4.69, 9.17) is 18.9 Å². The number of hydrogen-bond acceptors (Lipinski definition) is 16. The summed E-state index contributed by atoms with van der Waals surface area (Å²) in [6, 6.07) is 24.9. The van der Waals surface area contributed by atoms with Gasteiger partial charge in [-0.1, -0.05) is 58.0 Å². The van der Waals surface area contributed by atoms with Gasteiger partial charge in [0.05, 0.1) is 85.3 Å². The van der Waals surface area contributed by atoms with Gasteiger partial charge in [-0.2, -0.15) is 8.42 Å². The first-order valence-electron chi connectivity index (χ1n) is 24.8. The molecule has 5 aromatic carbocycles. The predicted molar refractivity (Wildman–Crippen MR) is 312 cm³/mol. The van der Waals surface area contributed by atoms with E-state index < -0.39 is 58.3 Å². The van der Waals surface area contributed by atoms with Gasteiger partial charge in [0.1, 0.15) is 13.2 Å². The van der Waals surface area contributed by atoms with Crippen LogP contribution in [0.15, 0.2) is 91.0 Å². The molecule has 0 fully saturated rings. The van der Waals surface area contributed by atoms with Gasteiger partial charge in [0.15, 0.2) is 28.4 Å². The van der Waals surface area contributed by atoms with Crippen molar-refractivity contribution in [2.24, 2.45) is 0 Å². The molecule has 0 radical (unpaired) electrons. The summed E-state index contributed by atoms with van der Waals surface area (Å²) in [4.78, 5) is 82.3. The number of nitrogens with zero attached hydrogens (tertiary/aromatic N) is 2. The van der Waals surface area contributed by atoms with Crippen molar-refractivity contribution in [2.45, 2.75) is 68.9 Å². The summed E-state index contributed by atoms with van der Waals surface area (Å²) in [5.41, 5.74) is 5.43. The third-order valence-electron chi connectivity index (χ3n) is 13.2. The van der Waals surface area contributed by atoms with Gasteiger partial charge >= 0.3 is 0 Å². The van der Waals surface area contributed by atoms with Crippen LogP contribution in [0.25, 0.3) is 0 Å². The number of halogens is 1. The Morgan fingerprint density at radius 1 is 0.772 bits per heavy atom. The largest absolute Gasteiger partial charge is 0.493 e. The van der Waals surface area contributed by atoms with E-state index in [1.54, 1.807) is 81.1 Å². The number of carbonyl (C=O) groups is 6. The molecule has 3 aliphatic heterocycles. The number of fused-ring (bicyclic) bond motifs is 5. The number of ether oxygens (including phenoxy) is 4. The predicted octanol–water partition coefficient (Wildman–Crippen LogP) is 6.89. The minimum Gasteiger partial charge on any atom is -0.493 e. The first-order chi connectivity index (χ1) is 37.8. The lowest BCUT2D eigenvalue weighted by atomic mass is 10.1. The summed E-state index contributed by atoms with van der Waals surface area (Å²) in [5.74, 6) is -2.10. The van der Waals surface area contributed by atoms with Crippen LogP contribution in [0.3, 0.4) is 0 Å². The number of nitrogens with one attached hydrogen (secondary N) is 6. The Bertz CT molecular complexity index is 3290. The van der Waals surface area contributed by atoms with Gasteiger partial charge in [-0.15, -0.1) is 0 Å². The highest BCUT2D eigenvalue weighted by Gasteiger charge is 2.47. The van der Waals surface area contributed by atoms with Crippen molar-refractivity contribution < 1.29 is 60.7 Å². The van der Waals surface area contributed by atoms with Crippen LogP contribution in [0.4, 0.5) is 28.4 Å². The molecule has 5 aromatic rings. The molecule has 2 atom stereocenters. The standard InChI is InChI=1S/C54H59IN8O13S3/c1-54(2,78-77-5)16-14-47(64)56-26-48(65)57-27-49(66)58-28-50(67)59-35-19-31(18-32(20-35)30-76-46-25-39(61-55)37(23-44(46)74-4)52(68)62-17-15-33-10-6-8-12-40(33)62)29-75-45-24-38-36(22-43(45)73-3)53(69)63-41-13-9-7-11-34(41)21-42(63)51(60-38)79(70,71)72/h6-13,18-20,22-25,42,51,60-61H,14-17,21,26-30H2,1-5H3,(H,56,64)(H,57,65)(H,58,66)(H,59,67)(H,70,71,72)/t42-,51?/m0/s1. The first kappa shape index (κ1) is 58.2. The summed E-state index contributed by atoms with van der Waals surface area (Å²) in [6.45, 7) is 3.04. The quantitative estimate of drug-likeness (QED) is 0.0152. The minimum absolute atomic E-state index is 0.0714. The number of rotatable bonds is 23. The Kier molecular flexibility index (Phi) is 18.8. The zero-order chi connectivity index (χ0) is 56.6. The maximum absolute atomic E-state index is 14.3. The number of anilines is 5. The van der Waals surface area contributed by atoms with Crippen molar-refractivity contribution in [3.8, 4) is 23.0 Å². The number of amides is 6. The van der Waals surface area contributed by atoms with Gasteiger partial charge < -0.3 is 58.9 Å². The SMILES string of the molecule is COc1cc(C(=O)N2CCc3ccccc32)c(NI)cc1OCc1cc(COc2cc3c(cc2OC)C(=O)N2c4ccccc4C[C@H]2C(S(=O)(=O)O)N3)cc(NC(=O)CNC(=O)CNC(=O)CNC(=O)CCC(C)(C)SSC)c1. The minimum atomic E-state index is -4.78. The normalized spacial score (nSPS) is 15.3. The Morgan fingerprint density at radius 3 is 2.00 bits per heavy atom. The lowest BCUT2D eigenvalue weighted by Gasteiger charge is -2.27. The van der Waals surface area contributed by atoms with Crippen molar-refractivity contribution in [1.82, 2.24) is 16.0 Å². The molecule has 3 aliphatic rings. The van der Waals surface area contributed by atoms with Crippen LogP contribution in [0.2, 0.25) is 0 Å². The second-order valence-corrected chi connectivity index (χ2v) is 24.4. The van der Waals surface area contributed by atoms with Crippen molar-refractivity contribution in [3.63, 3.8) is 0 Å².